The van der Waals surface area contributed by atoms with E-state index in [1.165, 1.54) is 25.0 Å². The molecule has 0 aliphatic carbocycles. The quantitative estimate of drug-likeness (QED) is 0.726. The Kier molecular flexibility index (Phi) is 5.99. The molecular weight excluding hydrogens is 268 g/mol. The largest absolute Gasteiger partial charge is 0.360 e. The molecule has 0 bridgehead atoms. The first-order valence-corrected chi connectivity index (χ1v) is 8.55. The highest BCUT2D eigenvalue weighted by Crippen LogP contribution is 2.17. The van der Waals surface area contributed by atoms with Gasteiger partial charge in [-0.05, 0) is 30.9 Å². The van der Waals surface area contributed by atoms with Gasteiger partial charge in [0.15, 0.2) is 0 Å². The Morgan fingerprint density at radius 1 is 1.20 bits per heavy atom. The van der Waals surface area contributed by atoms with Gasteiger partial charge in [-0.3, -0.25) is 4.79 Å². The van der Waals surface area contributed by atoms with Gasteiger partial charge >= 0.3 is 0 Å². The summed E-state index contributed by atoms with van der Waals surface area (Å²) in [4.78, 5) is 15.3. The van der Waals surface area contributed by atoms with Crippen LogP contribution >= 0.6 is 11.8 Å². The summed E-state index contributed by atoms with van der Waals surface area (Å²) < 4.78 is 0. The molecular formula is C16H22N2OS. The molecule has 4 heteroatoms. The molecule has 1 aromatic carbocycles. The van der Waals surface area contributed by atoms with Gasteiger partial charge < -0.3 is 10.3 Å². The number of aromatic nitrogens is 1. The van der Waals surface area contributed by atoms with Gasteiger partial charge in [0.25, 0.3) is 5.91 Å². The second kappa shape index (κ2) is 8.00. The zero-order chi connectivity index (χ0) is 14.2. The number of H-pyrrole nitrogens is 1. The fourth-order valence-electron chi connectivity index (χ4n) is 2.28. The molecule has 2 N–H and O–H groups in total. The molecule has 0 saturated heterocycles. The number of amides is 1. The Labute approximate surface area is 124 Å². The van der Waals surface area contributed by atoms with Gasteiger partial charge in [0.1, 0.15) is 0 Å². The zero-order valence-electron chi connectivity index (χ0n) is 11.9. The van der Waals surface area contributed by atoms with Crippen LogP contribution in [0.5, 0.6) is 0 Å². The minimum Gasteiger partial charge on any atom is -0.360 e. The fourth-order valence-corrected chi connectivity index (χ4v) is 2.77. The van der Waals surface area contributed by atoms with E-state index in [-0.39, 0.29) is 5.91 Å². The van der Waals surface area contributed by atoms with E-state index < -0.39 is 0 Å². The third kappa shape index (κ3) is 4.04. The lowest BCUT2D eigenvalue weighted by molar-refractivity contribution is 0.0954. The van der Waals surface area contributed by atoms with Crippen molar-refractivity contribution in [2.45, 2.75) is 25.7 Å². The standard InChI is InChI=1S/C16H22N2OS/c1-20-11-7-3-2-6-10-17-16(19)14-12-18-15-9-5-4-8-13(14)15/h4-5,8-9,12,18H,2-3,6-7,10-11H2,1H3,(H,17,19). The van der Waals surface area contributed by atoms with Crippen molar-refractivity contribution >= 4 is 28.6 Å². The molecule has 0 fully saturated rings. The van der Waals surface area contributed by atoms with Crippen molar-refractivity contribution in [1.29, 1.82) is 0 Å². The summed E-state index contributed by atoms with van der Waals surface area (Å²) in [5.74, 6) is 1.26. The number of aromatic amines is 1. The highest BCUT2D eigenvalue weighted by Gasteiger charge is 2.10. The topological polar surface area (TPSA) is 44.9 Å². The van der Waals surface area contributed by atoms with Crippen molar-refractivity contribution in [1.82, 2.24) is 10.3 Å². The molecule has 1 heterocycles. The molecule has 0 atom stereocenters. The number of nitrogens with one attached hydrogen (secondary N) is 2. The Hall–Kier alpha value is -1.42. The second-order valence-corrected chi connectivity index (χ2v) is 5.90. The molecule has 108 valence electrons. The van der Waals surface area contributed by atoms with Gasteiger partial charge in [-0.2, -0.15) is 11.8 Å². The fraction of sp³-hybridized carbons (Fsp3) is 0.438. The van der Waals surface area contributed by atoms with E-state index >= 15 is 0 Å². The number of carbonyl (C=O) groups is 1. The minimum absolute atomic E-state index is 0.0200. The van der Waals surface area contributed by atoms with Crippen molar-refractivity contribution in [2.24, 2.45) is 0 Å². The van der Waals surface area contributed by atoms with Crippen molar-refractivity contribution in [3.8, 4) is 0 Å². The van der Waals surface area contributed by atoms with E-state index in [1.807, 2.05) is 36.0 Å². The average Bonchev–Trinajstić information content (AvgIpc) is 2.90. The van der Waals surface area contributed by atoms with Gasteiger partial charge in [0, 0.05) is 23.6 Å². The summed E-state index contributed by atoms with van der Waals surface area (Å²) in [6.45, 7) is 0.762. The maximum Gasteiger partial charge on any atom is 0.253 e. The Morgan fingerprint density at radius 3 is 2.85 bits per heavy atom. The SMILES string of the molecule is CSCCCCCCNC(=O)c1c[nH]c2ccccc12. The number of fused-ring (bicyclic) bond motifs is 1. The van der Waals surface area contributed by atoms with Crippen molar-refractivity contribution in [2.75, 3.05) is 18.6 Å². The smallest absolute Gasteiger partial charge is 0.253 e. The van der Waals surface area contributed by atoms with Gasteiger partial charge in [0.2, 0.25) is 0 Å². The van der Waals surface area contributed by atoms with Gasteiger partial charge in [-0.1, -0.05) is 31.0 Å². The molecule has 20 heavy (non-hydrogen) atoms. The normalized spacial score (nSPS) is 10.8. The molecule has 0 unspecified atom stereocenters. The summed E-state index contributed by atoms with van der Waals surface area (Å²) in [6.07, 6.45) is 8.71. The van der Waals surface area contributed by atoms with Crippen molar-refractivity contribution in [3.63, 3.8) is 0 Å². The Bertz CT molecular complexity index is 550. The summed E-state index contributed by atoms with van der Waals surface area (Å²) in [6, 6.07) is 7.88. The number of rotatable bonds is 8. The van der Waals surface area contributed by atoms with Gasteiger partial charge in [-0.15, -0.1) is 0 Å². The lowest BCUT2D eigenvalue weighted by Gasteiger charge is -2.04. The maximum atomic E-state index is 12.1. The summed E-state index contributed by atoms with van der Waals surface area (Å²) >= 11 is 1.90. The Morgan fingerprint density at radius 2 is 2.00 bits per heavy atom. The van der Waals surface area contributed by atoms with E-state index in [2.05, 4.69) is 16.6 Å². The van der Waals surface area contributed by atoms with E-state index in [1.54, 1.807) is 6.20 Å². The van der Waals surface area contributed by atoms with E-state index in [9.17, 15) is 4.79 Å². The lowest BCUT2D eigenvalue weighted by Crippen LogP contribution is -2.24. The van der Waals surface area contributed by atoms with Crippen LogP contribution in [0, 0.1) is 0 Å². The first kappa shape index (κ1) is 15.0. The molecule has 2 aromatic rings. The molecule has 3 nitrogen and oxygen atoms in total. The summed E-state index contributed by atoms with van der Waals surface area (Å²) in [5.41, 5.74) is 1.75. The maximum absolute atomic E-state index is 12.1. The lowest BCUT2D eigenvalue weighted by atomic mass is 10.1. The van der Waals surface area contributed by atoms with Gasteiger partial charge in [0.05, 0.1) is 5.56 Å². The number of hydrogen-bond donors (Lipinski definition) is 2. The molecule has 0 aliphatic heterocycles. The van der Waals surface area contributed by atoms with Crippen LogP contribution in [0.15, 0.2) is 30.5 Å². The highest BCUT2D eigenvalue weighted by molar-refractivity contribution is 7.98. The van der Waals surface area contributed by atoms with Crippen LogP contribution in [0.4, 0.5) is 0 Å². The van der Waals surface area contributed by atoms with Crippen molar-refractivity contribution in [3.05, 3.63) is 36.0 Å². The van der Waals surface area contributed by atoms with Crippen LogP contribution in [0.25, 0.3) is 10.9 Å². The summed E-state index contributed by atoms with van der Waals surface area (Å²) in [5, 5.41) is 3.99. The van der Waals surface area contributed by atoms with Crippen molar-refractivity contribution < 1.29 is 4.79 Å². The number of para-hydroxylation sites is 1. The summed E-state index contributed by atoms with van der Waals surface area (Å²) in [7, 11) is 0. The van der Waals surface area contributed by atoms with E-state index in [0.717, 1.165) is 29.4 Å². The van der Waals surface area contributed by atoms with Crippen LogP contribution in [-0.4, -0.2) is 29.4 Å². The molecule has 1 aromatic heterocycles. The highest BCUT2D eigenvalue weighted by atomic mass is 32.2. The van der Waals surface area contributed by atoms with Crippen LogP contribution in [-0.2, 0) is 0 Å². The number of unbranched alkanes of at least 4 members (excludes halogenated alkanes) is 3. The van der Waals surface area contributed by atoms with Crippen LogP contribution < -0.4 is 5.32 Å². The number of carbonyl (C=O) groups excluding carboxylic acids is 1. The molecule has 0 radical (unpaired) electrons. The average molecular weight is 290 g/mol. The van der Waals surface area contributed by atoms with Gasteiger partial charge in [-0.25, -0.2) is 0 Å². The second-order valence-electron chi connectivity index (χ2n) is 4.91. The van der Waals surface area contributed by atoms with Crippen LogP contribution in [0.1, 0.15) is 36.0 Å². The first-order valence-electron chi connectivity index (χ1n) is 7.16. The first-order chi connectivity index (χ1) is 9.83. The van der Waals surface area contributed by atoms with E-state index in [0.29, 0.717) is 0 Å². The van der Waals surface area contributed by atoms with Crippen LogP contribution in [0.2, 0.25) is 0 Å². The third-order valence-corrected chi connectivity index (χ3v) is 4.09. The van der Waals surface area contributed by atoms with E-state index in [4.69, 9.17) is 0 Å². The molecule has 2 rings (SSSR count). The predicted molar refractivity (Wildman–Crippen MR) is 87.5 cm³/mol. The molecule has 0 aliphatic rings. The van der Waals surface area contributed by atoms with Crippen LogP contribution in [0.3, 0.4) is 0 Å². The third-order valence-electron chi connectivity index (χ3n) is 3.39. The predicted octanol–water partition coefficient (Wildman–Crippen LogP) is 3.82. The molecule has 1 amide bonds. The molecule has 0 saturated carbocycles. The number of thioether (sulfide) groups is 1. The molecule has 0 spiro atoms. The number of benzene rings is 1. The Balaban J connectivity index is 1.75. The number of hydrogen-bond acceptors (Lipinski definition) is 2. The zero-order valence-corrected chi connectivity index (χ0v) is 12.8. The monoisotopic (exact) mass is 290 g/mol. The minimum atomic E-state index is 0.0200.